The van der Waals surface area contributed by atoms with Crippen molar-refractivity contribution >= 4 is 65.2 Å². The van der Waals surface area contributed by atoms with Crippen LogP contribution in [0.5, 0.6) is 0 Å². The molecule has 0 fully saturated rings. The van der Waals surface area contributed by atoms with Gasteiger partial charge in [-0.05, 0) is 0 Å². The van der Waals surface area contributed by atoms with E-state index in [1.807, 2.05) is 26.7 Å². The molecule has 68 heavy (non-hydrogen) atoms. The molecule has 0 radical (unpaired) electrons. The van der Waals surface area contributed by atoms with E-state index >= 15 is 0 Å². The number of rotatable bonds is 51. The van der Waals surface area contributed by atoms with Crippen LogP contribution in [0, 0.1) is 0 Å². The van der Waals surface area contributed by atoms with Crippen LogP contribution in [0.2, 0.25) is 26.6 Å². The Bertz CT molecular complexity index is 1240. The Labute approximate surface area is 445 Å². The minimum atomic E-state index is -2.60. The van der Waals surface area contributed by atoms with Gasteiger partial charge in [0.05, 0.1) is 0 Å². The van der Waals surface area contributed by atoms with Gasteiger partial charge in [0.2, 0.25) is 0 Å². The predicted molar refractivity (Wildman–Crippen MR) is 325 cm³/mol. The molecule has 0 saturated carbocycles. The molecular formula is C64H122S2Sn2. The second-order valence-electron chi connectivity index (χ2n) is 22.8. The SMILES string of the molecule is CCCCCCCCCCCCCCCCc1c[c]([Sn]([CH2]CCC)([CH2]CCC)[CH2]CCC)sc1-c1s[c]([Sn]([CH2]CCC)([CH2]CCC)[CH2]CCC)cc1CCCCCCCCCCCCCCCC. The maximum absolute atomic E-state index is 2.97. The van der Waals surface area contributed by atoms with E-state index in [1.54, 1.807) is 26.6 Å². The molecule has 0 amide bonds. The molecule has 0 unspecified atom stereocenters. The maximum atomic E-state index is 2.97. The number of hydrogen-bond donors (Lipinski definition) is 0. The molecule has 4 heteroatoms. The Morgan fingerprint density at radius 3 is 0.647 bits per heavy atom. The van der Waals surface area contributed by atoms with E-state index < -0.39 is 36.8 Å². The molecule has 2 rings (SSSR count). The van der Waals surface area contributed by atoms with E-state index in [-0.39, 0.29) is 0 Å². The summed E-state index contributed by atoms with van der Waals surface area (Å²) in [7, 11) is 0. The van der Waals surface area contributed by atoms with Crippen LogP contribution in [0.25, 0.3) is 9.75 Å². The molecule has 0 N–H and O–H groups in total. The molecule has 0 atom stereocenters. The average Bonchev–Trinajstić information content (AvgIpc) is 3.99. The van der Waals surface area contributed by atoms with Crippen LogP contribution in [0.3, 0.4) is 0 Å². The van der Waals surface area contributed by atoms with Gasteiger partial charge < -0.3 is 0 Å². The van der Waals surface area contributed by atoms with Crippen molar-refractivity contribution in [2.24, 2.45) is 0 Å². The third kappa shape index (κ3) is 27.5. The number of aryl methyl sites for hydroxylation is 2. The Morgan fingerprint density at radius 2 is 0.441 bits per heavy atom. The minimum absolute atomic E-state index is 1.34. The molecule has 398 valence electrons. The fourth-order valence-corrected chi connectivity index (χ4v) is 52.7. The summed E-state index contributed by atoms with van der Waals surface area (Å²) in [6.45, 7) is 19.5. The normalized spacial score (nSPS) is 12.3. The third-order valence-electron chi connectivity index (χ3n) is 16.5. The molecule has 0 aliphatic carbocycles. The van der Waals surface area contributed by atoms with E-state index in [1.165, 1.54) is 270 Å². The van der Waals surface area contributed by atoms with Crippen LogP contribution >= 0.6 is 22.7 Å². The molecule has 0 bridgehead atoms. The topological polar surface area (TPSA) is 0 Å². The van der Waals surface area contributed by atoms with E-state index in [2.05, 4.69) is 90.2 Å². The van der Waals surface area contributed by atoms with Gasteiger partial charge >= 0.3 is 359 Å². The standard InChI is InChI=1S/C40H68S2.6C4H9.2Sn/c1-3-5-7-9-11-13-15-17-19-21-23-25-27-29-31-37-33-35-41-39(37)40-38(34-36-42-40)32-30-28-26-24-22-20-18-16-14-12-10-8-6-4-2;6*1-3-4-2;;/h33-34H,3-32H2,1-2H3;6*1,3-4H2,2H3;;. The Kier molecular flexibility index (Phi) is 42.4. The molecular weight excluding hydrogens is 1070 g/mol. The third-order valence-corrected chi connectivity index (χ3v) is 55.5. The van der Waals surface area contributed by atoms with Crippen molar-refractivity contribution in [3.63, 3.8) is 0 Å². The second kappa shape index (κ2) is 44.3. The zero-order valence-corrected chi connectivity index (χ0v) is 55.3. The van der Waals surface area contributed by atoms with Crippen molar-refractivity contribution in [1.82, 2.24) is 0 Å². The molecule has 2 aromatic rings. The fourth-order valence-electron chi connectivity index (χ4n) is 11.7. The Hall–Kier alpha value is 0.997. The summed E-state index contributed by atoms with van der Waals surface area (Å²) in [6.07, 6.45) is 60.4. The van der Waals surface area contributed by atoms with Gasteiger partial charge in [-0.1, -0.05) is 90.9 Å². The van der Waals surface area contributed by atoms with Crippen molar-refractivity contribution in [2.45, 2.75) is 352 Å². The first-order valence-corrected chi connectivity index (χ1v) is 48.3. The summed E-state index contributed by atoms with van der Waals surface area (Å²) in [4.78, 5) is 3.64. The quantitative estimate of drug-likeness (QED) is 0.0457. The van der Waals surface area contributed by atoms with Gasteiger partial charge in [-0.3, -0.25) is 0 Å². The monoisotopic (exact) mass is 1190 g/mol. The summed E-state index contributed by atoms with van der Waals surface area (Å²) in [6, 6.07) is 5.94. The first-order valence-electron chi connectivity index (χ1n) is 31.7. The summed E-state index contributed by atoms with van der Waals surface area (Å²) < 4.78 is 13.7. The van der Waals surface area contributed by atoms with Gasteiger partial charge in [-0.2, -0.15) is 0 Å². The second-order valence-corrected chi connectivity index (χ2v) is 53.2. The van der Waals surface area contributed by atoms with Crippen molar-refractivity contribution in [3.05, 3.63) is 23.3 Å². The van der Waals surface area contributed by atoms with Gasteiger partial charge in [0.1, 0.15) is 0 Å². The summed E-state index contributed by atoms with van der Waals surface area (Å²) in [5.74, 6) is 0. The Balaban J connectivity index is 2.43. The van der Waals surface area contributed by atoms with E-state index in [4.69, 9.17) is 0 Å². The Morgan fingerprint density at radius 1 is 0.250 bits per heavy atom. The fraction of sp³-hybridized carbons (Fsp3) is 0.875. The van der Waals surface area contributed by atoms with Crippen molar-refractivity contribution in [1.29, 1.82) is 0 Å². The van der Waals surface area contributed by atoms with E-state index in [9.17, 15) is 0 Å². The van der Waals surface area contributed by atoms with Crippen molar-refractivity contribution < 1.29 is 0 Å². The zero-order chi connectivity index (χ0) is 49.2. The van der Waals surface area contributed by atoms with E-state index in [0.29, 0.717) is 0 Å². The van der Waals surface area contributed by atoms with Crippen LogP contribution in [0.1, 0.15) is 323 Å². The molecule has 0 aliphatic heterocycles. The average molecular weight is 1190 g/mol. The van der Waals surface area contributed by atoms with Crippen LogP contribution in [-0.4, -0.2) is 36.8 Å². The van der Waals surface area contributed by atoms with Crippen LogP contribution in [0.4, 0.5) is 0 Å². The van der Waals surface area contributed by atoms with Crippen molar-refractivity contribution in [2.75, 3.05) is 0 Å². The van der Waals surface area contributed by atoms with Crippen LogP contribution < -0.4 is 5.79 Å². The molecule has 0 saturated heterocycles. The van der Waals surface area contributed by atoms with Crippen LogP contribution in [0.15, 0.2) is 12.1 Å². The molecule has 0 spiro atoms. The zero-order valence-electron chi connectivity index (χ0n) is 47.9. The number of hydrogen-bond acceptors (Lipinski definition) is 2. The van der Waals surface area contributed by atoms with Gasteiger partial charge in [-0.25, -0.2) is 0 Å². The van der Waals surface area contributed by atoms with Crippen molar-refractivity contribution in [3.8, 4) is 9.75 Å². The van der Waals surface area contributed by atoms with Crippen LogP contribution in [-0.2, 0) is 12.8 Å². The minimum Gasteiger partial charge on any atom is -0.0654 e. The van der Waals surface area contributed by atoms with Gasteiger partial charge in [0.15, 0.2) is 0 Å². The predicted octanol–water partition coefficient (Wildman–Crippen LogP) is 23.6. The molecule has 2 heterocycles. The van der Waals surface area contributed by atoms with E-state index in [0.717, 1.165) is 0 Å². The number of unbranched alkanes of at least 4 members (excludes halogenated alkanes) is 32. The molecule has 0 nitrogen and oxygen atoms in total. The summed E-state index contributed by atoms with van der Waals surface area (Å²) in [5.41, 5.74) is 3.64. The molecule has 0 aliphatic rings. The van der Waals surface area contributed by atoms with Gasteiger partial charge in [0.25, 0.3) is 0 Å². The smallest absolute Gasteiger partial charge is 0.0654 e. The van der Waals surface area contributed by atoms with Gasteiger partial charge in [-0.15, -0.1) is 0 Å². The molecule has 0 aromatic carbocycles. The van der Waals surface area contributed by atoms with Gasteiger partial charge in [0, 0.05) is 0 Å². The summed E-state index contributed by atoms with van der Waals surface area (Å²) >= 11 is -0.317. The number of thiophene rings is 2. The first kappa shape index (κ1) is 65.1. The molecule has 2 aromatic heterocycles. The summed E-state index contributed by atoms with van der Waals surface area (Å²) in [5, 5.41) is 0. The first-order chi connectivity index (χ1) is 33.4.